The molecule has 0 spiro atoms. The number of ether oxygens (including phenoxy) is 1. The zero-order chi connectivity index (χ0) is 19.1. The van der Waals surface area contributed by atoms with Crippen LogP contribution in [0.1, 0.15) is 33.2 Å². The standard InChI is InChI=1S/C23H21NO3/c24-22(25)21(19-12-5-2-6-13-19)27-23(26)20-14-8-7-11-18(20)16-15-17-9-3-1-4-10-17/h1-14,21H,15-16H2,(H2,24,25)/t21-/m0/s1. The van der Waals surface area contributed by atoms with Gasteiger partial charge in [0.15, 0.2) is 0 Å². The minimum Gasteiger partial charge on any atom is -0.444 e. The second-order valence-electron chi connectivity index (χ2n) is 6.24. The number of primary amides is 1. The van der Waals surface area contributed by atoms with Crippen molar-refractivity contribution in [3.8, 4) is 0 Å². The van der Waals surface area contributed by atoms with Crippen LogP contribution in [-0.2, 0) is 22.4 Å². The van der Waals surface area contributed by atoms with E-state index >= 15 is 0 Å². The molecule has 136 valence electrons. The number of amides is 1. The SMILES string of the molecule is NC(=O)[C@@H](OC(=O)c1ccccc1CCc1ccccc1)c1ccccc1. The van der Waals surface area contributed by atoms with Gasteiger partial charge in [0.1, 0.15) is 0 Å². The van der Waals surface area contributed by atoms with E-state index in [1.54, 1.807) is 36.4 Å². The highest BCUT2D eigenvalue weighted by Gasteiger charge is 2.24. The Kier molecular flexibility index (Phi) is 6.00. The van der Waals surface area contributed by atoms with Gasteiger partial charge in [-0.2, -0.15) is 0 Å². The molecule has 0 unspecified atom stereocenters. The first-order valence-corrected chi connectivity index (χ1v) is 8.82. The van der Waals surface area contributed by atoms with E-state index in [9.17, 15) is 9.59 Å². The number of hydrogen-bond donors (Lipinski definition) is 1. The first-order chi connectivity index (χ1) is 13.1. The Labute approximate surface area is 158 Å². The number of esters is 1. The number of rotatable bonds is 7. The van der Waals surface area contributed by atoms with Gasteiger partial charge in [0, 0.05) is 5.56 Å². The molecule has 0 saturated heterocycles. The first-order valence-electron chi connectivity index (χ1n) is 8.82. The van der Waals surface area contributed by atoms with Crippen molar-refractivity contribution in [2.45, 2.75) is 18.9 Å². The molecule has 0 aliphatic rings. The summed E-state index contributed by atoms with van der Waals surface area (Å²) in [6, 6.07) is 26.1. The predicted octanol–water partition coefficient (Wildman–Crippen LogP) is 3.86. The highest BCUT2D eigenvalue weighted by atomic mass is 16.5. The van der Waals surface area contributed by atoms with Crippen LogP contribution in [0.25, 0.3) is 0 Å². The summed E-state index contributed by atoms with van der Waals surface area (Å²) < 4.78 is 5.46. The third-order valence-corrected chi connectivity index (χ3v) is 4.35. The lowest BCUT2D eigenvalue weighted by Crippen LogP contribution is -2.26. The number of carbonyl (C=O) groups is 2. The molecule has 1 amide bonds. The molecule has 3 aromatic carbocycles. The average molecular weight is 359 g/mol. The number of carbonyl (C=O) groups excluding carboxylic acids is 2. The van der Waals surface area contributed by atoms with Crippen molar-refractivity contribution in [1.29, 1.82) is 0 Å². The molecular formula is C23H21NO3. The topological polar surface area (TPSA) is 69.4 Å². The number of nitrogens with two attached hydrogens (primary N) is 1. The van der Waals surface area contributed by atoms with Crippen LogP contribution in [0.4, 0.5) is 0 Å². The van der Waals surface area contributed by atoms with Crippen LogP contribution in [0.15, 0.2) is 84.9 Å². The Morgan fingerprint density at radius 2 is 1.37 bits per heavy atom. The monoisotopic (exact) mass is 359 g/mol. The fourth-order valence-electron chi connectivity index (χ4n) is 2.95. The van der Waals surface area contributed by atoms with E-state index in [0.29, 0.717) is 17.5 Å². The molecule has 0 fully saturated rings. The lowest BCUT2D eigenvalue weighted by Gasteiger charge is -2.16. The van der Waals surface area contributed by atoms with E-state index in [0.717, 1.165) is 12.0 Å². The maximum absolute atomic E-state index is 12.7. The quantitative estimate of drug-likeness (QED) is 0.651. The molecule has 4 nitrogen and oxygen atoms in total. The van der Waals surface area contributed by atoms with Crippen molar-refractivity contribution in [3.63, 3.8) is 0 Å². The Hall–Kier alpha value is -3.40. The summed E-state index contributed by atoms with van der Waals surface area (Å²) in [6.45, 7) is 0. The molecule has 3 aromatic rings. The van der Waals surface area contributed by atoms with Gasteiger partial charge in [-0.25, -0.2) is 4.79 Å². The van der Waals surface area contributed by atoms with Crippen LogP contribution in [0.5, 0.6) is 0 Å². The Balaban J connectivity index is 1.77. The van der Waals surface area contributed by atoms with Gasteiger partial charge < -0.3 is 10.5 Å². The summed E-state index contributed by atoms with van der Waals surface area (Å²) in [6.07, 6.45) is 0.395. The number of aryl methyl sites for hydroxylation is 2. The molecule has 0 bridgehead atoms. The zero-order valence-electron chi connectivity index (χ0n) is 14.9. The van der Waals surface area contributed by atoms with Crippen LogP contribution in [0.3, 0.4) is 0 Å². The van der Waals surface area contributed by atoms with Crippen LogP contribution in [-0.4, -0.2) is 11.9 Å². The third-order valence-electron chi connectivity index (χ3n) is 4.35. The fourth-order valence-corrected chi connectivity index (χ4v) is 2.95. The Bertz CT molecular complexity index is 907. The molecule has 2 N–H and O–H groups in total. The van der Waals surface area contributed by atoms with Crippen LogP contribution < -0.4 is 5.73 Å². The van der Waals surface area contributed by atoms with Crippen molar-refractivity contribution in [1.82, 2.24) is 0 Å². The smallest absolute Gasteiger partial charge is 0.339 e. The second kappa shape index (κ2) is 8.81. The first kappa shape index (κ1) is 18.4. The number of hydrogen-bond acceptors (Lipinski definition) is 3. The van der Waals surface area contributed by atoms with Gasteiger partial charge in [-0.1, -0.05) is 78.9 Å². The van der Waals surface area contributed by atoms with E-state index in [4.69, 9.17) is 10.5 Å². The summed E-state index contributed by atoms with van der Waals surface area (Å²) in [4.78, 5) is 24.5. The molecule has 0 saturated carbocycles. The van der Waals surface area contributed by atoms with Crippen LogP contribution in [0, 0.1) is 0 Å². The molecule has 0 radical (unpaired) electrons. The molecule has 27 heavy (non-hydrogen) atoms. The third kappa shape index (κ3) is 4.82. The largest absolute Gasteiger partial charge is 0.444 e. The lowest BCUT2D eigenvalue weighted by atomic mass is 10.00. The maximum Gasteiger partial charge on any atom is 0.339 e. The molecule has 0 aliphatic heterocycles. The van der Waals surface area contributed by atoms with E-state index < -0.39 is 18.0 Å². The van der Waals surface area contributed by atoms with Gasteiger partial charge in [0.25, 0.3) is 5.91 Å². The molecule has 3 rings (SSSR count). The van der Waals surface area contributed by atoms with Crippen molar-refractivity contribution >= 4 is 11.9 Å². The molecule has 0 aliphatic carbocycles. The summed E-state index contributed by atoms with van der Waals surface area (Å²) in [5, 5.41) is 0. The summed E-state index contributed by atoms with van der Waals surface area (Å²) >= 11 is 0. The van der Waals surface area contributed by atoms with Gasteiger partial charge in [-0.15, -0.1) is 0 Å². The van der Waals surface area contributed by atoms with Crippen molar-refractivity contribution < 1.29 is 14.3 Å². The fraction of sp³-hybridized carbons (Fsp3) is 0.130. The normalized spacial score (nSPS) is 11.6. The van der Waals surface area contributed by atoms with Crippen molar-refractivity contribution in [2.75, 3.05) is 0 Å². The summed E-state index contributed by atoms with van der Waals surface area (Å²) in [7, 11) is 0. The van der Waals surface area contributed by atoms with Gasteiger partial charge >= 0.3 is 5.97 Å². The van der Waals surface area contributed by atoms with Gasteiger partial charge in [0.05, 0.1) is 5.56 Å². The maximum atomic E-state index is 12.7. The average Bonchev–Trinajstić information content (AvgIpc) is 2.71. The van der Waals surface area contributed by atoms with Gasteiger partial charge in [-0.3, -0.25) is 4.79 Å². The molecular weight excluding hydrogens is 338 g/mol. The van der Waals surface area contributed by atoms with Gasteiger partial charge in [0.2, 0.25) is 6.10 Å². The van der Waals surface area contributed by atoms with Crippen LogP contribution >= 0.6 is 0 Å². The lowest BCUT2D eigenvalue weighted by molar-refractivity contribution is -0.127. The van der Waals surface area contributed by atoms with E-state index in [1.165, 1.54) is 5.56 Å². The summed E-state index contributed by atoms with van der Waals surface area (Å²) in [5.41, 5.74) is 8.53. The Morgan fingerprint density at radius 1 is 0.778 bits per heavy atom. The highest BCUT2D eigenvalue weighted by molar-refractivity contribution is 5.93. The molecule has 0 aromatic heterocycles. The predicted molar refractivity (Wildman–Crippen MR) is 104 cm³/mol. The minimum atomic E-state index is -1.11. The van der Waals surface area contributed by atoms with E-state index in [2.05, 4.69) is 12.1 Å². The second-order valence-corrected chi connectivity index (χ2v) is 6.24. The molecule has 4 heteroatoms. The van der Waals surface area contributed by atoms with E-state index in [1.807, 2.05) is 36.4 Å². The Morgan fingerprint density at radius 3 is 2.04 bits per heavy atom. The van der Waals surface area contributed by atoms with E-state index in [-0.39, 0.29) is 0 Å². The zero-order valence-corrected chi connectivity index (χ0v) is 14.9. The highest BCUT2D eigenvalue weighted by Crippen LogP contribution is 2.21. The van der Waals surface area contributed by atoms with Crippen molar-refractivity contribution in [2.24, 2.45) is 5.73 Å². The minimum absolute atomic E-state index is 0.454. The van der Waals surface area contributed by atoms with Crippen molar-refractivity contribution in [3.05, 3.63) is 107 Å². The molecule has 1 atom stereocenters. The molecule has 0 heterocycles. The van der Waals surface area contributed by atoms with Gasteiger partial charge in [-0.05, 0) is 30.0 Å². The summed E-state index contributed by atoms with van der Waals surface area (Å²) in [5.74, 6) is -1.25. The van der Waals surface area contributed by atoms with Crippen LogP contribution in [0.2, 0.25) is 0 Å². The number of benzene rings is 3.